The molecule has 0 heterocycles. The van der Waals surface area contributed by atoms with Crippen LogP contribution in [0.2, 0.25) is 0 Å². The lowest BCUT2D eigenvalue weighted by atomic mass is 10.1. The summed E-state index contributed by atoms with van der Waals surface area (Å²) in [4.78, 5) is 8.11. The van der Waals surface area contributed by atoms with Crippen LogP contribution in [-0.2, 0) is 0 Å². The molecule has 20 heavy (non-hydrogen) atoms. The minimum Gasteiger partial charge on any atom is -0.369 e. The van der Waals surface area contributed by atoms with Crippen LogP contribution >= 0.6 is 11.6 Å². The van der Waals surface area contributed by atoms with E-state index in [1.54, 1.807) is 6.08 Å². The average Bonchev–Trinajstić information content (AvgIpc) is 2.22. The van der Waals surface area contributed by atoms with E-state index in [0.717, 1.165) is 10.6 Å². The molecule has 0 aromatic carbocycles. The van der Waals surface area contributed by atoms with E-state index < -0.39 is 0 Å². The molecule has 0 amide bonds. The molecule has 0 saturated carbocycles. The zero-order valence-corrected chi connectivity index (χ0v) is 13.5. The van der Waals surface area contributed by atoms with Gasteiger partial charge in [0.1, 0.15) is 0 Å². The molecule has 0 aromatic rings. The third kappa shape index (κ3) is 9.22. The van der Waals surface area contributed by atoms with Crippen molar-refractivity contribution in [2.45, 2.75) is 40.2 Å². The third-order valence-corrected chi connectivity index (χ3v) is 2.35. The first-order valence-corrected chi connectivity index (χ1v) is 6.55. The molecule has 0 radical (unpaired) electrons. The van der Waals surface area contributed by atoms with E-state index >= 15 is 0 Å². The lowest BCUT2D eigenvalue weighted by Crippen LogP contribution is -2.33. The van der Waals surface area contributed by atoms with Crippen molar-refractivity contribution >= 4 is 23.5 Å². The molecule has 112 valence electrons. The zero-order valence-electron chi connectivity index (χ0n) is 12.8. The van der Waals surface area contributed by atoms with Gasteiger partial charge in [0.25, 0.3) is 0 Å². The van der Waals surface area contributed by atoms with Crippen LogP contribution in [-0.4, -0.2) is 17.5 Å². The summed E-state index contributed by atoms with van der Waals surface area (Å²) in [5, 5.41) is 3.53. The Hall–Kier alpha value is -1.75. The van der Waals surface area contributed by atoms with E-state index in [1.165, 1.54) is 0 Å². The fourth-order valence-electron chi connectivity index (χ4n) is 1.07. The largest absolute Gasteiger partial charge is 0.369 e. The van der Waals surface area contributed by atoms with E-state index in [9.17, 15) is 0 Å². The van der Waals surface area contributed by atoms with E-state index in [-0.39, 0.29) is 17.5 Å². The van der Waals surface area contributed by atoms with E-state index in [1.807, 2.05) is 40.7 Å². The molecular formula is C14H24ClN5. The van der Waals surface area contributed by atoms with Gasteiger partial charge in [-0.05, 0) is 46.3 Å². The van der Waals surface area contributed by atoms with Crippen molar-refractivity contribution in [1.82, 2.24) is 5.32 Å². The number of nitrogens with one attached hydrogen (secondary N) is 1. The second-order valence-corrected chi connectivity index (χ2v) is 5.90. The van der Waals surface area contributed by atoms with Crippen LogP contribution < -0.4 is 16.8 Å². The Morgan fingerprint density at radius 1 is 1.20 bits per heavy atom. The Kier molecular flexibility index (Phi) is 7.07. The van der Waals surface area contributed by atoms with Gasteiger partial charge in [-0.3, -0.25) is 0 Å². The number of hydrogen-bond acceptors (Lipinski definition) is 1. The summed E-state index contributed by atoms with van der Waals surface area (Å²) >= 11 is 5.85. The molecule has 0 bridgehead atoms. The van der Waals surface area contributed by atoms with Crippen molar-refractivity contribution in [2.75, 3.05) is 0 Å². The summed E-state index contributed by atoms with van der Waals surface area (Å²) in [6.07, 6.45) is 3.58. The molecule has 0 fully saturated rings. The van der Waals surface area contributed by atoms with Gasteiger partial charge in [0.15, 0.2) is 0 Å². The van der Waals surface area contributed by atoms with Crippen LogP contribution in [0.1, 0.15) is 34.6 Å². The van der Waals surface area contributed by atoms with Crippen LogP contribution in [0.25, 0.3) is 0 Å². The lowest BCUT2D eigenvalue weighted by molar-refractivity contribution is 0.582. The Bertz CT molecular complexity index is 474. The minimum absolute atomic E-state index is 0.118. The van der Waals surface area contributed by atoms with E-state index in [2.05, 4.69) is 21.9 Å². The highest BCUT2D eigenvalue weighted by atomic mass is 35.5. The second kappa shape index (κ2) is 7.75. The third-order valence-electron chi connectivity index (χ3n) is 2.05. The average molecular weight is 298 g/mol. The highest BCUT2D eigenvalue weighted by Gasteiger charge is 2.07. The van der Waals surface area contributed by atoms with Crippen LogP contribution in [0.5, 0.6) is 0 Å². The molecular weight excluding hydrogens is 274 g/mol. The fraction of sp³-hybridized carbons (Fsp3) is 0.429. The molecule has 0 aliphatic carbocycles. The van der Waals surface area contributed by atoms with Gasteiger partial charge in [-0.1, -0.05) is 24.3 Å². The number of hydrogen-bond donors (Lipinski definition) is 3. The highest BCUT2D eigenvalue weighted by molar-refractivity contribution is 6.29. The molecule has 0 aromatic heterocycles. The Morgan fingerprint density at radius 2 is 1.75 bits per heavy atom. The topological polar surface area (TPSA) is 88.8 Å². The van der Waals surface area contributed by atoms with Crippen LogP contribution in [0, 0.1) is 0 Å². The SMILES string of the molecule is C=C(/C=C\C(C)=C(/C)Cl)NC(N)=NC(N)=NC(C)(C)C. The summed E-state index contributed by atoms with van der Waals surface area (Å²) in [7, 11) is 0. The number of rotatable bonds is 3. The van der Waals surface area contributed by atoms with Gasteiger partial charge < -0.3 is 16.8 Å². The number of aliphatic imine (C=N–C) groups is 2. The van der Waals surface area contributed by atoms with Crippen molar-refractivity contribution in [3.63, 3.8) is 0 Å². The predicted molar refractivity (Wildman–Crippen MR) is 88.6 cm³/mol. The maximum Gasteiger partial charge on any atom is 0.219 e. The Labute approximate surface area is 126 Å². The smallest absolute Gasteiger partial charge is 0.219 e. The van der Waals surface area contributed by atoms with Crippen molar-refractivity contribution in [3.8, 4) is 0 Å². The summed E-state index contributed by atoms with van der Waals surface area (Å²) in [6, 6.07) is 0. The van der Waals surface area contributed by atoms with Crippen LogP contribution in [0.4, 0.5) is 0 Å². The summed E-state index contributed by atoms with van der Waals surface area (Å²) in [5.74, 6) is 0.251. The van der Waals surface area contributed by atoms with E-state index in [4.69, 9.17) is 23.1 Å². The number of guanidine groups is 2. The Balaban J connectivity index is 4.70. The normalized spacial score (nSPS) is 15.3. The maximum absolute atomic E-state index is 5.85. The van der Waals surface area contributed by atoms with E-state index in [0.29, 0.717) is 5.70 Å². The van der Waals surface area contributed by atoms with Gasteiger partial charge in [0.05, 0.1) is 5.54 Å². The van der Waals surface area contributed by atoms with Crippen molar-refractivity contribution in [1.29, 1.82) is 0 Å². The molecule has 6 heteroatoms. The van der Waals surface area contributed by atoms with Gasteiger partial charge in [0, 0.05) is 10.7 Å². The monoisotopic (exact) mass is 297 g/mol. The minimum atomic E-state index is -0.301. The molecule has 0 saturated heterocycles. The predicted octanol–water partition coefficient (Wildman–Crippen LogP) is 2.61. The molecule has 0 unspecified atom stereocenters. The standard InChI is InChI=1S/C14H24ClN5/c1-9(11(3)15)7-8-10(2)18-12(16)19-13(17)20-14(4,5)6/h7-8H,2H2,1,3-6H3,(H5,16,17,18,19,20)/b8-7-,11-9+. The quantitative estimate of drug-likeness (QED) is 0.425. The number of allylic oxidation sites excluding steroid dienone is 4. The summed E-state index contributed by atoms with van der Waals surface area (Å²) < 4.78 is 0. The van der Waals surface area contributed by atoms with Crippen LogP contribution in [0.15, 0.2) is 45.0 Å². The fourth-order valence-corrected chi connectivity index (χ4v) is 1.13. The van der Waals surface area contributed by atoms with Gasteiger partial charge >= 0.3 is 0 Å². The first-order valence-electron chi connectivity index (χ1n) is 6.17. The highest BCUT2D eigenvalue weighted by Crippen LogP contribution is 2.09. The van der Waals surface area contributed by atoms with Crippen molar-refractivity contribution in [2.24, 2.45) is 21.5 Å². The first kappa shape index (κ1) is 18.2. The molecule has 0 spiro atoms. The molecule has 0 aliphatic heterocycles. The summed E-state index contributed by atoms with van der Waals surface area (Å²) in [6.45, 7) is 13.3. The van der Waals surface area contributed by atoms with Gasteiger partial charge in [-0.15, -0.1) is 0 Å². The van der Waals surface area contributed by atoms with Gasteiger partial charge in [0.2, 0.25) is 11.9 Å². The van der Waals surface area contributed by atoms with Crippen molar-refractivity contribution in [3.05, 3.63) is 35.0 Å². The van der Waals surface area contributed by atoms with Gasteiger partial charge in [-0.25, -0.2) is 4.99 Å². The molecule has 0 aliphatic rings. The molecule has 0 rings (SSSR count). The molecule has 0 atom stereocenters. The number of nitrogens with zero attached hydrogens (tertiary/aromatic N) is 2. The number of nitrogens with two attached hydrogens (primary N) is 2. The molecule has 5 nitrogen and oxygen atoms in total. The molecule has 5 N–H and O–H groups in total. The summed E-state index contributed by atoms with van der Waals surface area (Å²) in [5.41, 5.74) is 12.6. The first-order chi connectivity index (χ1) is 9.01. The van der Waals surface area contributed by atoms with Crippen molar-refractivity contribution < 1.29 is 0 Å². The maximum atomic E-state index is 5.85. The lowest BCUT2D eigenvalue weighted by Gasteiger charge is -2.12. The van der Waals surface area contributed by atoms with Gasteiger partial charge in [-0.2, -0.15) is 4.99 Å². The van der Waals surface area contributed by atoms with Crippen LogP contribution in [0.3, 0.4) is 0 Å². The number of halogens is 1. The second-order valence-electron chi connectivity index (χ2n) is 5.34. The Morgan fingerprint density at radius 3 is 2.20 bits per heavy atom. The zero-order chi connectivity index (χ0) is 15.9.